The Balaban J connectivity index is 1.64. The fourth-order valence-corrected chi connectivity index (χ4v) is 3.43. The van der Waals surface area contributed by atoms with E-state index in [1.165, 1.54) is 23.9 Å². The molecule has 10 heteroatoms. The summed E-state index contributed by atoms with van der Waals surface area (Å²) in [6.45, 7) is 3.55. The molecule has 3 aromatic rings. The zero-order valence-corrected chi connectivity index (χ0v) is 17.9. The number of rotatable bonds is 8. The predicted molar refractivity (Wildman–Crippen MR) is 119 cm³/mol. The van der Waals surface area contributed by atoms with Crippen molar-refractivity contribution in [1.82, 2.24) is 19.9 Å². The molecule has 0 aliphatic rings. The lowest BCUT2D eigenvalue weighted by Crippen LogP contribution is -2.21. The van der Waals surface area contributed by atoms with Crippen molar-refractivity contribution in [3.8, 4) is 0 Å². The summed E-state index contributed by atoms with van der Waals surface area (Å²) in [7, 11) is 4.02. The summed E-state index contributed by atoms with van der Waals surface area (Å²) >= 11 is 7.41. The fraction of sp³-hybridized carbons (Fsp3) is 0.263. The Morgan fingerprint density at radius 2 is 2.00 bits per heavy atom. The van der Waals surface area contributed by atoms with Gasteiger partial charge in [0, 0.05) is 19.2 Å². The van der Waals surface area contributed by atoms with Gasteiger partial charge in [0.25, 0.3) is 5.91 Å². The van der Waals surface area contributed by atoms with E-state index < -0.39 is 0 Å². The lowest BCUT2D eigenvalue weighted by molar-refractivity contribution is 0.103. The van der Waals surface area contributed by atoms with Gasteiger partial charge < -0.3 is 20.9 Å². The van der Waals surface area contributed by atoms with Gasteiger partial charge in [-0.3, -0.25) is 4.79 Å². The number of thiazole rings is 1. The molecule has 152 valence electrons. The summed E-state index contributed by atoms with van der Waals surface area (Å²) < 4.78 is 0. The maximum atomic E-state index is 12.5. The van der Waals surface area contributed by atoms with Crippen LogP contribution in [0.3, 0.4) is 0 Å². The van der Waals surface area contributed by atoms with Crippen molar-refractivity contribution < 1.29 is 4.79 Å². The number of halogens is 1. The second-order valence-corrected chi connectivity index (χ2v) is 8.00. The zero-order chi connectivity index (χ0) is 20.8. The average molecular weight is 432 g/mol. The second kappa shape index (κ2) is 9.64. The third-order valence-corrected chi connectivity index (χ3v) is 5.18. The number of carbonyl (C=O) groups excluding carboxylic acids is 1. The molecule has 0 unspecified atom stereocenters. The first-order valence-electron chi connectivity index (χ1n) is 8.92. The number of nitrogens with one attached hydrogen (secondary N) is 3. The highest BCUT2D eigenvalue weighted by Gasteiger charge is 2.14. The highest BCUT2D eigenvalue weighted by molar-refractivity contribution is 7.17. The third kappa shape index (κ3) is 5.86. The van der Waals surface area contributed by atoms with Crippen LogP contribution >= 0.6 is 22.9 Å². The number of amides is 1. The number of anilines is 4. The van der Waals surface area contributed by atoms with Crippen molar-refractivity contribution in [3.05, 3.63) is 52.3 Å². The van der Waals surface area contributed by atoms with E-state index in [4.69, 9.17) is 11.6 Å². The standard InChI is InChI=1S/C19H22ClN7OS/c1-12-5-4-6-13(20)17(12)26-18(28)14-10-22-19(29-14)25-16-9-15(23-11-24-16)21-7-8-27(2)3/h4-6,9-11H,7-8H2,1-3H3,(H,26,28)(H2,21,22,23,24,25). The Hall–Kier alpha value is -2.75. The minimum absolute atomic E-state index is 0.263. The third-order valence-electron chi connectivity index (χ3n) is 3.96. The van der Waals surface area contributed by atoms with Crippen molar-refractivity contribution in [2.24, 2.45) is 0 Å². The van der Waals surface area contributed by atoms with Crippen LogP contribution in [0.1, 0.15) is 15.2 Å². The Morgan fingerprint density at radius 3 is 2.76 bits per heavy atom. The first kappa shape index (κ1) is 21.0. The normalized spacial score (nSPS) is 10.8. The van der Waals surface area contributed by atoms with E-state index in [2.05, 4.69) is 35.8 Å². The molecular formula is C19H22ClN7OS. The molecule has 0 radical (unpaired) electrons. The van der Waals surface area contributed by atoms with E-state index in [1.54, 1.807) is 12.1 Å². The molecule has 0 bridgehead atoms. The van der Waals surface area contributed by atoms with Crippen molar-refractivity contribution in [2.45, 2.75) is 6.92 Å². The van der Waals surface area contributed by atoms with Crippen molar-refractivity contribution in [1.29, 1.82) is 0 Å². The van der Waals surface area contributed by atoms with Crippen LogP contribution in [0.5, 0.6) is 0 Å². The number of hydrogen-bond donors (Lipinski definition) is 3. The Bertz CT molecular complexity index is 972. The molecule has 3 N–H and O–H groups in total. The van der Waals surface area contributed by atoms with Gasteiger partial charge >= 0.3 is 0 Å². The molecule has 0 saturated carbocycles. The van der Waals surface area contributed by atoms with Crippen LogP contribution in [-0.2, 0) is 0 Å². The van der Waals surface area contributed by atoms with Gasteiger partial charge in [0.15, 0.2) is 5.13 Å². The number of benzene rings is 1. The molecule has 29 heavy (non-hydrogen) atoms. The molecule has 0 aliphatic heterocycles. The van der Waals surface area contributed by atoms with Crippen LogP contribution in [0.4, 0.5) is 22.5 Å². The molecule has 0 spiro atoms. The van der Waals surface area contributed by atoms with Crippen LogP contribution in [0, 0.1) is 6.92 Å². The molecule has 2 heterocycles. The summed E-state index contributed by atoms with van der Waals surface area (Å²) in [5.74, 6) is 1.05. The molecule has 0 saturated heterocycles. The molecule has 0 aliphatic carbocycles. The van der Waals surface area contributed by atoms with E-state index in [0.717, 1.165) is 18.7 Å². The SMILES string of the molecule is Cc1cccc(Cl)c1NC(=O)c1cnc(Nc2cc(NCCN(C)C)ncn2)s1. The largest absolute Gasteiger partial charge is 0.369 e. The van der Waals surface area contributed by atoms with E-state index in [-0.39, 0.29) is 5.91 Å². The maximum absolute atomic E-state index is 12.5. The van der Waals surface area contributed by atoms with Crippen molar-refractivity contribution in [2.75, 3.05) is 43.1 Å². The molecule has 1 amide bonds. The number of para-hydroxylation sites is 1. The molecular weight excluding hydrogens is 410 g/mol. The molecule has 0 atom stereocenters. The smallest absolute Gasteiger partial charge is 0.267 e. The number of nitrogens with zero attached hydrogens (tertiary/aromatic N) is 4. The Labute approximate surface area is 178 Å². The average Bonchev–Trinajstić information content (AvgIpc) is 3.13. The molecule has 3 rings (SSSR count). The molecule has 1 aromatic carbocycles. The van der Waals surface area contributed by atoms with Crippen LogP contribution in [0.25, 0.3) is 0 Å². The lowest BCUT2D eigenvalue weighted by Gasteiger charge is -2.11. The Morgan fingerprint density at radius 1 is 1.21 bits per heavy atom. The van der Waals surface area contributed by atoms with E-state index in [9.17, 15) is 4.79 Å². The first-order valence-corrected chi connectivity index (χ1v) is 10.1. The highest BCUT2D eigenvalue weighted by atomic mass is 35.5. The van der Waals surface area contributed by atoms with Crippen LogP contribution < -0.4 is 16.0 Å². The minimum Gasteiger partial charge on any atom is -0.369 e. The van der Waals surface area contributed by atoms with Crippen molar-refractivity contribution >= 4 is 51.3 Å². The second-order valence-electron chi connectivity index (χ2n) is 6.56. The number of hydrogen-bond acceptors (Lipinski definition) is 8. The van der Waals surface area contributed by atoms with Crippen LogP contribution in [0.15, 0.2) is 36.8 Å². The maximum Gasteiger partial charge on any atom is 0.267 e. The molecule has 2 aromatic heterocycles. The van der Waals surface area contributed by atoms with Gasteiger partial charge in [0.1, 0.15) is 22.8 Å². The summed E-state index contributed by atoms with van der Waals surface area (Å²) in [6.07, 6.45) is 2.99. The van der Waals surface area contributed by atoms with E-state index in [0.29, 0.717) is 32.4 Å². The number of carbonyl (C=O) groups is 1. The summed E-state index contributed by atoms with van der Waals surface area (Å²) in [5.41, 5.74) is 1.50. The number of aryl methyl sites for hydroxylation is 1. The molecule has 8 nitrogen and oxygen atoms in total. The van der Waals surface area contributed by atoms with Crippen LogP contribution in [0.2, 0.25) is 5.02 Å². The van der Waals surface area contributed by atoms with Gasteiger partial charge in [-0.1, -0.05) is 35.1 Å². The van der Waals surface area contributed by atoms with Gasteiger partial charge in [-0.15, -0.1) is 0 Å². The quantitative estimate of drug-likeness (QED) is 0.498. The van der Waals surface area contributed by atoms with E-state index >= 15 is 0 Å². The fourth-order valence-electron chi connectivity index (χ4n) is 2.44. The summed E-state index contributed by atoms with van der Waals surface area (Å²) in [4.78, 5) is 27.8. The lowest BCUT2D eigenvalue weighted by atomic mass is 10.2. The van der Waals surface area contributed by atoms with Gasteiger partial charge in [-0.2, -0.15) is 0 Å². The highest BCUT2D eigenvalue weighted by Crippen LogP contribution is 2.27. The first-order chi connectivity index (χ1) is 13.9. The van der Waals surface area contributed by atoms with Gasteiger partial charge in [-0.05, 0) is 32.6 Å². The van der Waals surface area contributed by atoms with Gasteiger partial charge in [0.05, 0.1) is 16.9 Å². The van der Waals surface area contributed by atoms with E-state index in [1.807, 2.05) is 33.2 Å². The van der Waals surface area contributed by atoms with Crippen molar-refractivity contribution in [3.63, 3.8) is 0 Å². The summed E-state index contributed by atoms with van der Waals surface area (Å²) in [6, 6.07) is 7.26. The monoisotopic (exact) mass is 431 g/mol. The minimum atomic E-state index is -0.263. The number of likely N-dealkylation sites (N-methyl/N-ethyl adjacent to an activating group) is 1. The van der Waals surface area contributed by atoms with Crippen LogP contribution in [-0.4, -0.2) is 52.9 Å². The number of aromatic nitrogens is 3. The molecule has 0 fully saturated rings. The van der Waals surface area contributed by atoms with Gasteiger partial charge in [-0.25, -0.2) is 15.0 Å². The van der Waals surface area contributed by atoms with Gasteiger partial charge in [0.2, 0.25) is 0 Å². The predicted octanol–water partition coefficient (Wildman–Crippen LogP) is 3.86. The Kier molecular flexibility index (Phi) is 6.97. The summed E-state index contributed by atoms with van der Waals surface area (Å²) in [5, 5.41) is 10.2. The zero-order valence-electron chi connectivity index (χ0n) is 16.4. The topological polar surface area (TPSA) is 95.1 Å².